The first-order chi connectivity index (χ1) is 12.6. The molecule has 3 heterocycles. The number of halogens is 1. The van der Waals surface area contributed by atoms with Crippen molar-refractivity contribution in [1.82, 2.24) is 15.5 Å². The molecule has 2 aromatic rings. The van der Waals surface area contributed by atoms with Gasteiger partial charge >= 0.3 is 0 Å². The van der Waals surface area contributed by atoms with Crippen molar-refractivity contribution in [3.63, 3.8) is 0 Å². The van der Waals surface area contributed by atoms with Crippen LogP contribution in [0.3, 0.4) is 0 Å². The number of H-pyrrole nitrogens is 1. The van der Waals surface area contributed by atoms with Crippen molar-refractivity contribution >= 4 is 28.5 Å². The first-order valence-electron chi connectivity index (χ1n) is 8.92. The Morgan fingerprint density at radius 1 is 1.38 bits per heavy atom. The molecule has 8 heteroatoms. The van der Waals surface area contributed by atoms with E-state index in [1.54, 1.807) is 12.1 Å². The summed E-state index contributed by atoms with van der Waals surface area (Å²) in [6.45, 7) is 2.28. The maximum absolute atomic E-state index is 14.2. The number of ether oxygens (including phenoxy) is 1. The molecule has 1 atom stereocenters. The van der Waals surface area contributed by atoms with Gasteiger partial charge in [0, 0.05) is 32.7 Å². The fourth-order valence-electron chi connectivity index (χ4n) is 3.64. The van der Waals surface area contributed by atoms with Crippen LogP contribution in [0.2, 0.25) is 0 Å². The number of carbonyl (C=O) groups is 2. The van der Waals surface area contributed by atoms with E-state index in [-0.39, 0.29) is 36.0 Å². The Morgan fingerprint density at radius 2 is 2.19 bits per heavy atom. The molecule has 138 valence electrons. The first kappa shape index (κ1) is 17.0. The van der Waals surface area contributed by atoms with Crippen LogP contribution in [0, 0.1) is 17.7 Å². The summed E-state index contributed by atoms with van der Waals surface area (Å²) in [6.07, 6.45) is 1.99. The number of aromatic nitrogens is 2. The second-order valence-electron chi connectivity index (χ2n) is 6.92. The summed E-state index contributed by atoms with van der Waals surface area (Å²) < 4.78 is 19.5. The van der Waals surface area contributed by atoms with Gasteiger partial charge in [-0.15, -0.1) is 0 Å². The van der Waals surface area contributed by atoms with Crippen molar-refractivity contribution in [1.29, 1.82) is 0 Å². The van der Waals surface area contributed by atoms with E-state index in [2.05, 4.69) is 15.5 Å². The van der Waals surface area contributed by atoms with E-state index in [1.165, 1.54) is 11.0 Å². The zero-order chi connectivity index (χ0) is 18.1. The average molecular weight is 360 g/mol. The van der Waals surface area contributed by atoms with E-state index in [0.29, 0.717) is 18.0 Å². The second-order valence-corrected chi connectivity index (χ2v) is 6.92. The van der Waals surface area contributed by atoms with Gasteiger partial charge in [-0.25, -0.2) is 4.39 Å². The monoisotopic (exact) mass is 360 g/mol. The molecule has 4 rings (SSSR count). The summed E-state index contributed by atoms with van der Waals surface area (Å²) in [4.78, 5) is 26.3. The minimum Gasteiger partial charge on any atom is -0.381 e. The number of nitrogens with zero attached hydrogens (tertiary/aromatic N) is 2. The van der Waals surface area contributed by atoms with Crippen molar-refractivity contribution in [2.75, 3.05) is 31.2 Å². The minimum absolute atomic E-state index is 0.114. The van der Waals surface area contributed by atoms with Gasteiger partial charge in [0.15, 0.2) is 5.82 Å². The first-order valence-corrected chi connectivity index (χ1v) is 8.92. The lowest BCUT2D eigenvalue weighted by molar-refractivity contribution is -0.126. The standard InChI is InChI=1S/C18H21FN4O3/c19-13-2-1-3-14-16(13)17(22-21-14)23-10-12(8-15(23)24)18(25)20-9-11-4-6-26-7-5-11/h1-3,11-12H,4-10H2,(H,20,25)(H,21,22). The van der Waals surface area contributed by atoms with Gasteiger partial charge in [0.05, 0.1) is 16.8 Å². The number of carbonyl (C=O) groups excluding carboxylic acids is 2. The van der Waals surface area contributed by atoms with Crippen LogP contribution in [0.5, 0.6) is 0 Å². The third-order valence-corrected chi connectivity index (χ3v) is 5.18. The fraction of sp³-hybridized carbons (Fsp3) is 0.500. The number of aromatic amines is 1. The number of hydrogen-bond donors (Lipinski definition) is 2. The minimum atomic E-state index is -0.444. The van der Waals surface area contributed by atoms with Gasteiger partial charge in [0.2, 0.25) is 11.8 Å². The molecule has 0 aliphatic carbocycles. The maximum Gasteiger partial charge on any atom is 0.229 e. The number of amides is 2. The van der Waals surface area contributed by atoms with E-state index >= 15 is 0 Å². The second kappa shape index (κ2) is 7.03. The number of benzene rings is 1. The molecule has 26 heavy (non-hydrogen) atoms. The van der Waals surface area contributed by atoms with Gasteiger partial charge < -0.3 is 10.1 Å². The highest BCUT2D eigenvalue weighted by Crippen LogP contribution is 2.31. The summed E-state index contributed by atoms with van der Waals surface area (Å²) >= 11 is 0. The topological polar surface area (TPSA) is 87.3 Å². The molecular weight excluding hydrogens is 339 g/mol. The van der Waals surface area contributed by atoms with E-state index in [0.717, 1.165) is 26.1 Å². The lowest BCUT2D eigenvalue weighted by Gasteiger charge is -2.22. The molecule has 1 aromatic carbocycles. The Bertz CT molecular complexity index is 831. The number of nitrogens with one attached hydrogen (secondary N) is 2. The molecule has 2 aliphatic rings. The number of anilines is 1. The molecule has 0 spiro atoms. The average Bonchev–Trinajstić information content (AvgIpc) is 3.25. The van der Waals surface area contributed by atoms with Crippen molar-refractivity contribution < 1.29 is 18.7 Å². The zero-order valence-corrected chi connectivity index (χ0v) is 14.3. The Balaban J connectivity index is 1.43. The Hall–Kier alpha value is -2.48. The van der Waals surface area contributed by atoms with Crippen molar-refractivity contribution in [2.24, 2.45) is 11.8 Å². The zero-order valence-electron chi connectivity index (χ0n) is 14.3. The third-order valence-electron chi connectivity index (χ3n) is 5.18. The van der Waals surface area contributed by atoms with Crippen LogP contribution >= 0.6 is 0 Å². The quantitative estimate of drug-likeness (QED) is 0.867. The molecule has 0 bridgehead atoms. The number of hydrogen-bond acceptors (Lipinski definition) is 4. The van der Waals surface area contributed by atoms with E-state index in [4.69, 9.17) is 4.74 Å². The summed E-state index contributed by atoms with van der Waals surface area (Å²) in [5.74, 6) is -0.555. The van der Waals surface area contributed by atoms with Gasteiger partial charge in [-0.1, -0.05) is 6.07 Å². The number of rotatable bonds is 4. The van der Waals surface area contributed by atoms with E-state index < -0.39 is 11.7 Å². The predicted molar refractivity (Wildman–Crippen MR) is 93.1 cm³/mol. The molecule has 2 fully saturated rings. The lowest BCUT2D eigenvalue weighted by atomic mass is 10.00. The SMILES string of the molecule is O=C(NCC1CCOCC1)C1CC(=O)N(c2n[nH]c3cccc(F)c23)C1. The van der Waals surface area contributed by atoms with Crippen molar-refractivity contribution in [3.8, 4) is 0 Å². The van der Waals surface area contributed by atoms with E-state index in [9.17, 15) is 14.0 Å². The van der Waals surface area contributed by atoms with E-state index in [1.807, 2.05) is 0 Å². The largest absolute Gasteiger partial charge is 0.381 e. The molecule has 0 radical (unpaired) electrons. The lowest BCUT2D eigenvalue weighted by Crippen LogP contribution is -2.37. The predicted octanol–water partition coefficient (Wildman–Crippen LogP) is 1.60. The fourth-order valence-corrected chi connectivity index (χ4v) is 3.64. The van der Waals surface area contributed by atoms with Crippen LogP contribution in [0.1, 0.15) is 19.3 Å². The molecule has 2 amide bonds. The third kappa shape index (κ3) is 3.16. The molecule has 1 unspecified atom stereocenters. The molecule has 2 aliphatic heterocycles. The molecule has 2 saturated heterocycles. The highest BCUT2D eigenvalue weighted by Gasteiger charge is 2.37. The van der Waals surface area contributed by atoms with Gasteiger partial charge in [0.1, 0.15) is 5.82 Å². The number of fused-ring (bicyclic) bond motifs is 1. The summed E-state index contributed by atoms with van der Waals surface area (Å²) in [7, 11) is 0. The van der Waals surface area contributed by atoms with Crippen LogP contribution < -0.4 is 10.2 Å². The van der Waals surface area contributed by atoms with Crippen LogP contribution in [0.4, 0.5) is 10.2 Å². The molecule has 1 aromatic heterocycles. The van der Waals surface area contributed by atoms with Crippen LogP contribution in [0.15, 0.2) is 18.2 Å². The van der Waals surface area contributed by atoms with Crippen molar-refractivity contribution in [3.05, 3.63) is 24.0 Å². The Labute approximate surface area is 149 Å². The molecule has 0 saturated carbocycles. The smallest absolute Gasteiger partial charge is 0.229 e. The summed E-state index contributed by atoms with van der Waals surface area (Å²) in [5, 5.41) is 10.1. The van der Waals surface area contributed by atoms with Gasteiger partial charge in [-0.2, -0.15) is 5.10 Å². The van der Waals surface area contributed by atoms with Gasteiger partial charge in [0.25, 0.3) is 0 Å². The Morgan fingerprint density at radius 3 is 3.00 bits per heavy atom. The van der Waals surface area contributed by atoms with Crippen LogP contribution in [0.25, 0.3) is 10.9 Å². The van der Waals surface area contributed by atoms with Gasteiger partial charge in [-0.3, -0.25) is 19.6 Å². The molecule has 7 nitrogen and oxygen atoms in total. The highest BCUT2D eigenvalue weighted by atomic mass is 19.1. The maximum atomic E-state index is 14.2. The van der Waals surface area contributed by atoms with Crippen LogP contribution in [-0.2, 0) is 14.3 Å². The normalized spacial score (nSPS) is 21.5. The van der Waals surface area contributed by atoms with Crippen molar-refractivity contribution in [2.45, 2.75) is 19.3 Å². The molecule has 2 N–H and O–H groups in total. The highest BCUT2D eigenvalue weighted by molar-refractivity contribution is 6.05. The Kier molecular flexibility index (Phi) is 4.58. The van der Waals surface area contributed by atoms with Crippen LogP contribution in [-0.4, -0.2) is 48.3 Å². The van der Waals surface area contributed by atoms with Gasteiger partial charge in [-0.05, 0) is 30.9 Å². The summed E-state index contributed by atoms with van der Waals surface area (Å²) in [5.41, 5.74) is 0.528. The molecular formula is C18H21FN4O3. The summed E-state index contributed by atoms with van der Waals surface area (Å²) in [6, 6.07) is 4.62.